The minimum Gasteiger partial charge on any atom is -0.326 e. The molecule has 2 nitrogen and oxygen atoms in total. The monoisotopic (exact) mass is 295 g/mol. The van der Waals surface area contributed by atoms with Crippen molar-refractivity contribution in [3.8, 4) is 0 Å². The minimum atomic E-state index is 0.0668. The fraction of sp³-hybridized carbons (Fsp3) is 0.350. The summed E-state index contributed by atoms with van der Waals surface area (Å²) in [6, 6.07) is 16.6. The average molecular weight is 295 g/mol. The highest BCUT2D eigenvalue weighted by molar-refractivity contribution is 5.90. The Morgan fingerprint density at radius 1 is 0.955 bits per heavy atom. The molecule has 0 unspecified atom stereocenters. The molecule has 0 aliphatic carbocycles. The van der Waals surface area contributed by atoms with Crippen molar-refractivity contribution in [3.63, 3.8) is 0 Å². The number of nitrogens with one attached hydrogen (secondary N) is 1. The van der Waals surface area contributed by atoms with Gasteiger partial charge in [-0.15, -0.1) is 0 Å². The number of hydrogen-bond donors (Lipinski definition) is 1. The third-order valence-corrected chi connectivity index (χ3v) is 3.93. The third kappa shape index (κ3) is 4.73. The molecule has 0 aliphatic heterocycles. The Labute approximate surface area is 133 Å². The Hall–Kier alpha value is -2.09. The molecule has 2 aromatic rings. The molecule has 2 aromatic carbocycles. The van der Waals surface area contributed by atoms with Crippen molar-refractivity contribution in [3.05, 3.63) is 65.2 Å². The normalized spacial score (nSPS) is 10.7. The van der Waals surface area contributed by atoms with Crippen LogP contribution in [0.1, 0.15) is 49.8 Å². The minimum absolute atomic E-state index is 0.0668. The number of aryl methyl sites for hydroxylation is 2. The van der Waals surface area contributed by atoms with Crippen molar-refractivity contribution >= 4 is 11.6 Å². The largest absolute Gasteiger partial charge is 0.326 e. The van der Waals surface area contributed by atoms with E-state index in [0.29, 0.717) is 12.3 Å². The van der Waals surface area contributed by atoms with E-state index >= 15 is 0 Å². The molecule has 0 saturated carbocycles. The van der Waals surface area contributed by atoms with Crippen molar-refractivity contribution in [2.24, 2.45) is 0 Å². The summed E-state index contributed by atoms with van der Waals surface area (Å²) in [7, 11) is 0. The number of hydrogen-bond acceptors (Lipinski definition) is 1. The topological polar surface area (TPSA) is 29.1 Å². The summed E-state index contributed by atoms with van der Waals surface area (Å²) in [5.41, 5.74) is 4.70. The molecule has 0 aromatic heterocycles. The maximum Gasteiger partial charge on any atom is 0.224 e. The molecule has 1 N–H and O–H groups in total. The molecule has 116 valence electrons. The first-order valence-electron chi connectivity index (χ1n) is 8.06. The average Bonchev–Trinajstić information content (AvgIpc) is 2.54. The summed E-state index contributed by atoms with van der Waals surface area (Å²) in [5, 5.41) is 2.95. The molecule has 22 heavy (non-hydrogen) atoms. The smallest absolute Gasteiger partial charge is 0.224 e. The van der Waals surface area contributed by atoms with Crippen molar-refractivity contribution in [2.75, 3.05) is 5.32 Å². The van der Waals surface area contributed by atoms with E-state index in [0.717, 1.165) is 18.5 Å². The van der Waals surface area contributed by atoms with Gasteiger partial charge in [-0.2, -0.15) is 0 Å². The molecule has 0 spiro atoms. The number of carbonyl (C=O) groups is 1. The van der Waals surface area contributed by atoms with Gasteiger partial charge in [0.15, 0.2) is 0 Å². The quantitative estimate of drug-likeness (QED) is 0.803. The molecule has 0 bridgehead atoms. The van der Waals surface area contributed by atoms with Gasteiger partial charge in [0, 0.05) is 12.1 Å². The molecular weight excluding hydrogens is 270 g/mol. The van der Waals surface area contributed by atoms with E-state index in [2.05, 4.69) is 62.5 Å². The van der Waals surface area contributed by atoms with Crippen LogP contribution >= 0.6 is 0 Å². The summed E-state index contributed by atoms with van der Waals surface area (Å²) in [5.74, 6) is 0.612. The maximum absolute atomic E-state index is 12.0. The van der Waals surface area contributed by atoms with Gasteiger partial charge in [0.1, 0.15) is 0 Å². The van der Waals surface area contributed by atoms with Crippen LogP contribution in [0.2, 0.25) is 0 Å². The van der Waals surface area contributed by atoms with Crippen molar-refractivity contribution < 1.29 is 4.79 Å². The Kier molecular flexibility index (Phi) is 5.76. The van der Waals surface area contributed by atoms with E-state index in [1.165, 1.54) is 16.7 Å². The van der Waals surface area contributed by atoms with E-state index in [-0.39, 0.29) is 5.91 Å². The van der Waals surface area contributed by atoms with Crippen LogP contribution in [-0.4, -0.2) is 5.91 Å². The number of carbonyl (C=O) groups excluding carboxylic acids is 1. The van der Waals surface area contributed by atoms with Crippen LogP contribution in [-0.2, 0) is 17.6 Å². The summed E-state index contributed by atoms with van der Waals surface area (Å²) in [4.78, 5) is 12.0. The van der Waals surface area contributed by atoms with Gasteiger partial charge in [0.25, 0.3) is 0 Å². The van der Waals surface area contributed by atoms with Crippen LogP contribution in [0.5, 0.6) is 0 Å². The summed E-state index contributed by atoms with van der Waals surface area (Å²) < 4.78 is 0. The van der Waals surface area contributed by atoms with E-state index in [4.69, 9.17) is 0 Å². The first kappa shape index (κ1) is 16.3. The van der Waals surface area contributed by atoms with Crippen LogP contribution in [0.15, 0.2) is 48.5 Å². The summed E-state index contributed by atoms with van der Waals surface area (Å²) >= 11 is 0. The van der Waals surface area contributed by atoms with Gasteiger partial charge >= 0.3 is 0 Å². The summed E-state index contributed by atoms with van der Waals surface area (Å²) in [6.07, 6.45) is 2.30. The molecule has 2 rings (SSSR count). The van der Waals surface area contributed by atoms with Crippen molar-refractivity contribution in [1.29, 1.82) is 0 Å². The second-order valence-corrected chi connectivity index (χ2v) is 5.99. The molecule has 0 atom stereocenters. The Morgan fingerprint density at radius 2 is 1.55 bits per heavy atom. The zero-order valence-electron chi connectivity index (χ0n) is 13.7. The van der Waals surface area contributed by atoms with Gasteiger partial charge in [0.05, 0.1) is 0 Å². The van der Waals surface area contributed by atoms with Gasteiger partial charge in [-0.3, -0.25) is 4.79 Å². The van der Waals surface area contributed by atoms with E-state index in [9.17, 15) is 4.79 Å². The van der Waals surface area contributed by atoms with Crippen LogP contribution in [0, 0.1) is 0 Å². The number of rotatable bonds is 6. The first-order valence-corrected chi connectivity index (χ1v) is 8.06. The molecule has 0 radical (unpaired) electrons. The third-order valence-electron chi connectivity index (χ3n) is 3.93. The van der Waals surface area contributed by atoms with Crippen molar-refractivity contribution in [2.45, 2.75) is 46.0 Å². The van der Waals surface area contributed by atoms with Crippen LogP contribution in [0.4, 0.5) is 5.69 Å². The lowest BCUT2D eigenvalue weighted by Gasteiger charge is -2.08. The van der Waals surface area contributed by atoms with Gasteiger partial charge in [-0.1, -0.05) is 57.2 Å². The van der Waals surface area contributed by atoms with Crippen LogP contribution in [0.25, 0.3) is 0 Å². The zero-order valence-corrected chi connectivity index (χ0v) is 13.7. The highest BCUT2D eigenvalue weighted by Gasteiger charge is 2.04. The molecule has 0 saturated heterocycles. The standard InChI is InChI=1S/C20H25NO/c1-4-16-7-12-19(13-8-16)21-20(22)14-9-17-5-10-18(11-6-17)15(2)3/h5-8,10-13,15H,4,9,14H2,1-3H3,(H,21,22). The Morgan fingerprint density at radius 3 is 2.09 bits per heavy atom. The zero-order chi connectivity index (χ0) is 15.9. The molecule has 2 heteroatoms. The Balaban J connectivity index is 1.84. The lowest BCUT2D eigenvalue weighted by molar-refractivity contribution is -0.116. The van der Waals surface area contributed by atoms with E-state index in [1.54, 1.807) is 0 Å². The van der Waals surface area contributed by atoms with E-state index < -0.39 is 0 Å². The second-order valence-electron chi connectivity index (χ2n) is 5.99. The van der Waals surface area contributed by atoms with Crippen LogP contribution in [0.3, 0.4) is 0 Å². The number of amides is 1. The van der Waals surface area contributed by atoms with Crippen LogP contribution < -0.4 is 5.32 Å². The predicted molar refractivity (Wildman–Crippen MR) is 93.3 cm³/mol. The SMILES string of the molecule is CCc1ccc(NC(=O)CCc2ccc(C(C)C)cc2)cc1. The maximum atomic E-state index is 12.0. The summed E-state index contributed by atoms with van der Waals surface area (Å²) in [6.45, 7) is 6.50. The van der Waals surface area contributed by atoms with Gasteiger partial charge in [-0.25, -0.2) is 0 Å². The van der Waals surface area contributed by atoms with Gasteiger partial charge < -0.3 is 5.32 Å². The van der Waals surface area contributed by atoms with Crippen molar-refractivity contribution in [1.82, 2.24) is 0 Å². The highest BCUT2D eigenvalue weighted by atomic mass is 16.1. The lowest BCUT2D eigenvalue weighted by atomic mass is 10.0. The molecule has 0 fully saturated rings. The predicted octanol–water partition coefficient (Wildman–Crippen LogP) is 4.94. The fourth-order valence-electron chi connectivity index (χ4n) is 2.37. The highest BCUT2D eigenvalue weighted by Crippen LogP contribution is 2.16. The lowest BCUT2D eigenvalue weighted by Crippen LogP contribution is -2.12. The Bertz CT molecular complexity index is 597. The number of benzene rings is 2. The van der Waals surface area contributed by atoms with Gasteiger partial charge in [0.2, 0.25) is 5.91 Å². The van der Waals surface area contributed by atoms with E-state index in [1.807, 2.05) is 12.1 Å². The van der Waals surface area contributed by atoms with Gasteiger partial charge in [-0.05, 0) is 47.6 Å². The molecule has 0 aliphatic rings. The molecule has 0 heterocycles. The fourth-order valence-corrected chi connectivity index (χ4v) is 2.37. The number of anilines is 1. The first-order chi connectivity index (χ1) is 10.6. The molecule has 1 amide bonds. The second kappa shape index (κ2) is 7.79. The molecular formula is C20H25NO.